The maximum absolute atomic E-state index is 4.68. The zero-order valence-corrected chi connectivity index (χ0v) is 15.0. The Morgan fingerprint density at radius 1 is 1.00 bits per heavy atom. The van der Waals surface area contributed by atoms with Crippen molar-refractivity contribution in [3.05, 3.63) is 12.4 Å². The van der Waals surface area contributed by atoms with Crippen molar-refractivity contribution >= 4 is 11.6 Å². The molecule has 3 rings (SSSR count). The van der Waals surface area contributed by atoms with E-state index in [1.807, 2.05) is 20.3 Å². The molecule has 2 fully saturated rings. The Balaban J connectivity index is 1.89. The van der Waals surface area contributed by atoms with E-state index in [2.05, 4.69) is 43.7 Å². The minimum Gasteiger partial charge on any atom is -0.360 e. The summed E-state index contributed by atoms with van der Waals surface area (Å²) in [6.45, 7) is 5.63. The van der Waals surface area contributed by atoms with Crippen molar-refractivity contribution in [1.82, 2.24) is 19.8 Å². The van der Waals surface area contributed by atoms with Gasteiger partial charge in [-0.3, -0.25) is 4.90 Å². The van der Waals surface area contributed by atoms with Gasteiger partial charge in [-0.15, -0.1) is 0 Å². The monoisotopic (exact) mass is 318 g/mol. The Hall–Kier alpha value is -1.40. The Bertz CT molecular complexity index is 524. The topological polar surface area (TPSA) is 38.7 Å². The number of rotatable bonds is 2. The van der Waals surface area contributed by atoms with Crippen LogP contribution in [0.15, 0.2) is 12.4 Å². The van der Waals surface area contributed by atoms with Crippen LogP contribution in [-0.2, 0) is 0 Å². The van der Waals surface area contributed by atoms with E-state index in [0.29, 0.717) is 0 Å². The molecule has 1 spiro atoms. The van der Waals surface area contributed by atoms with E-state index in [0.717, 1.165) is 31.3 Å². The first kappa shape index (κ1) is 16.5. The molecule has 0 aliphatic carbocycles. The van der Waals surface area contributed by atoms with Crippen molar-refractivity contribution in [2.45, 2.75) is 24.8 Å². The first-order valence-electron chi connectivity index (χ1n) is 8.65. The van der Waals surface area contributed by atoms with Crippen LogP contribution in [0.4, 0.5) is 11.6 Å². The summed E-state index contributed by atoms with van der Waals surface area (Å²) in [4.78, 5) is 18.8. The van der Waals surface area contributed by atoms with Crippen LogP contribution in [0.5, 0.6) is 0 Å². The molecule has 2 aliphatic heterocycles. The zero-order valence-electron chi connectivity index (χ0n) is 15.0. The fourth-order valence-electron chi connectivity index (χ4n) is 3.91. The Labute approximate surface area is 140 Å². The van der Waals surface area contributed by atoms with E-state index in [1.165, 1.54) is 32.4 Å². The highest BCUT2D eigenvalue weighted by Crippen LogP contribution is 2.34. The van der Waals surface area contributed by atoms with Crippen LogP contribution >= 0.6 is 0 Å². The van der Waals surface area contributed by atoms with Gasteiger partial charge in [-0.25, -0.2) is 9.97 Å². The standard InChI is InChI=1S/C17H30N6/c1-20(2)15-16(19-9-8-18-15)23-11-5-10-22(4)17(14-23)6-12-21(3)13-7-17/h8-9H,5-7,10-14H2,1-4H3. The van der Waals surface area contributed by atoms with E-state index >= 15 is 0 Å². The van der Waals surface area contributed by atoms with Gasteiger partial charge < -0.3 is 14.7 Å². The molecule has 6 nitrogen and oxygen atoms in total. The van der Waals surface area contributed by atoms with Crippen molar-refractivity contribution in [3.8, 4) is 0 Å². The minimum absolute atomic E-state index is 0.268. The van der Waals surface area contributed by atoms with E-state index in [-0.39, 0.29) is 5.54 Å². The summed E-state index contributed by atoms with van der Waals surface area (Å²) in [6.07, 6.45) is 7.24. The molecule has 0 aromatic carbocycles. The number of hydrogen-bond acceptors (Lipinski definition) is 6. The minimum atomic E-state index is 0.268. The summed E-state index contributed by atoms with van der Waals surface area (Å²) in [7, 11) is 8.62. The zero-order chi connectivity index (χ0) is 16.4. The van der Waals surface area contributed by atoms with Gasteiger partial charge in [0, 0.05) is 51.7 Å². The third kappa shape index (κ3) is 3.28. The largest absolute Gasteiger partial charge is 0.360 e. The van der Waals surface area contributed by atoms with E-state index < -0.39 is 0 Å². The highest BCUT2D eigenvalue weighted by molar-refractivity contribution is 5.61. The maximum Gasteiger partial charge on any atom is 0.172 e. The number of likely N-dealkylation sites (tertiary alicyclic amines) is 1. The first-order chi connectivity index (χ1) is 11.0. The average Bonchev–Trinajstić information content (AvgIpc) is 2.70. The predicted octanol–water partition coefficient (Wildman–Crippen LogP) is 1.15. The second kappa shape index (κ2) is 6.61. The normalized spacial score (nSPS) is 23.0. The van der Waals surface area contributed by atoms with Crippen molar-refractivity contribution < 1.29 is 0 Å². The lowest BCUT2D eigenvalue weighted by Gasteiger charge is -2.47. The number of hydrogen-bond donors (Lipinski definition) is 0. The first-order valence-corrected chi connectivity index (χ1v) is 8.65. The molecule has 0 N–H and O–H groups in total. The van der Waals surface area contributed by atoms with Crippen molar-refractivity contribution in [3.63, 3.8) is 0 Å². The van der Waals surface area contributed by atoms with Gasteiger partial charge in [0.1, 0.15) is 0 Å². The lowest BCUT2D eigenvalue weighted by Crippen LogP contribution is -2.57. The lowest BCUT2D eigenvalue weighted by molar-refractivity contribution is 0.0604. The van der Waals surface area contributed by atoms with Crippen molar-refractivity contribution in [1.29, 1.82) is 0 Å². The molecule has 6 heteroatoms. The van der Waals surface area contributed by atoms with Crippen LogP contribution in [0.2, 0.25) is 0 Å². The molecule has 0 saturated carbocycles. The molecular weight excluding hydrogens is 288 g/mol. The molecule has 0 unspecified atom stereocenters. The fourth-order valence-corrected chi connectivity index (χ4v) is 3.91. The van der Waals surface area contributed by atoms with Gasteiger partial charge in [-0.1, -0.05) is 0 Å². The summed E-state index contributed by atoms with van der Waals surface area (Å²) >= 11 is 0. The van der Waals surface area contributed by atoms with Gasteiger partial charge in [-0.05, 0) is 46.4 Å². The second-order valence-electron chi connectivity index (χ2n) is 7.32. The highest BCUT2D eigenvalue weighted by atomic mass is 15.3. The van der Waals surface area contributed by atoms with E-state index in [9.17, 15) is 0 Å². The molecule has 1 aromatic heterocycles. The van der Waals surface area contributed by atoms with Gasteiger partial charge in [-0.2, -0.15) is 0 Å². The van der Waals surface area contributed by atoms with Gasteiger partial charge >= 0.3 is 0 Å². The SMILES string of the molecule is CN1CCC2(CC1)CN(c1nccnc1N(C)C)CCCN2C. The second-order valence-corrected chi connectivity index (χ2v) is 7.32. The fraction of sp³-hybridized carbons (Fsp3) is 0.765. The summed E-state index contributed by atoms with van der Waals surface area (Å²) in [6, 6.07) is 0. The smallest absolute Gasteiger partial charge is 0.172 e. The summed E-state index contributed by atoms with van der Waals surface area (Å²) in [5.41, 5.74) is 0.268. The molecule has 0 bridgehead atoms. The molecular formula is C17H30N6. The molecule has 0 radical (unpaired) electrons. The molecule has 128 valence electrons. The Kier molecular flexibility index (Phi) is 4.73. The number of anilines is 2. The average molecular weight is 318 g/mol. The maximum atomic E-state index is 4.68. The summed E-state index contributed by atoms with van der Waals surface area (Å²) in [5.74, 6) is 2.01. The third-order valence-electron chi connectivity index (χ3n) is 5.52. The molecule has 2 saturated heterocycles. The Morgan fingerprint density at radius 2 is 1.70 bits per heavy atom. The molecule has 2 aliphatic rings. The molecule has 3 heterocycles. The van der Waals surface area contributed by atoms with Gasteiger partial charge in [0.25, 0.3) is 0 Å². The number of aromatic nitrogens is 2. The Morgan fingerprint density at radius 3 is 2.39 bits per heavy atom. The molecule has 0 atom stereocenters. The van der Waals surface area contributed by atoms with Crippen molar-refractivity contribution in [2.75, 3.05) is 70.7 Å². The van der Waals surface area contributed by atoms with E-state index in [1.54, 1.807) is 6.20 Å². The third-order valence-corrected chi connectivity index (χ3v) is 5.52. The van der Waals surface area contributed by atoms with E-state index in [4.69, 9.17) is 0 Å². The number of likely N-dealkylation sites (N-methyl/N-ethyl adjacent to an activating group) is 1. The van der Waals surface area contributed by atoms with Crippen LogP contribution in [0.25, 0.3) is 0 Å². The van der Waals surface area contributed by atoms with Gasteiger partial charge in [0.05, 0.1) is 0 Å². The number of piperidine rings is 1. The summed E-state index contributed by atoms with van der Waals surface area (Å²) in [5, 5.41) is 0. The quantitative estimate of drug-likeness (QED) is 0.814. The van der Waals surface area contributed by atoms with Crippen LogP contribution in [0.1, 0.15) is 19.3 Å². The molecule has 1 aromatic rings. The van der Waals surface area contributed by atoms with Crippen LogP contribution in [-0.4, -0.2) is 86.2 Å². The highest BCUT2D eigenvalue weighted by Gasteiger charge is 2.41. The van der Waals surface area contributed by atoms with Crippen LogP contribution < -0.4 is 9.80 Å². The molecule has 23 heavy (non-hydrogen) atoms. The predicted molar refractivity (Wildman–Crippen MR) is 95.3 cm³/mol. The summed E-state index contributed by atoms with van der Waals surface area (Å²) < 4.78 is 0. The van der Waals surface area contributed by atoms with Crippen LogP contribution in [0.3, 0.4) is 0 Å². The van der Waals surface area contributed by atoms with Crippen LogP contribution in [0, 0.1) is 0 Å². The molecule has 0 amide bonds. The number of nitrogens with zero attached hydrogens (tertiary/aromatic N) is 6. The van der Waals surface area contributed by atoms with Gasteiger partial charge in [0.2, 0.25) is 0 Å². The van der Waals surface area contributed by atoms with Gasteiger partial charge in [0.15, 0.2) is 11.6 Å². The van der Waals surface area contributed by atoms with Crippen molar-refractivity contribution in [2.24, 2.45) is 0 Å². The lowest BCUT2D eigenvalue weighted by atomic mass is 9.85.